The number of pyridine rings is 1. The number of benzene rings is 1. The van der Waals surface area contributed by atoms with Crippen LogP contribution in [0.15, 0.2) is 58.2 Å². The van der Waals surface area contributed by atoms with E-state index in [9.17, 15) is 0 Å². The summed E-state index contributed by atoms with van der Waals surface area (Å²) in [5, 5.41) is 0. The summed E-state index contributed by atoms with van der Waals surface area (Å²) in [6.07, 6.45) is 1.82. The van der Waals surface area contributed by atoms with Crippen LogP contribution in [-0.4, -0.2) is 4.98 Å². The van der Waals surface area contributed by atoms with E-state index in [1.165, 1.54) is 10.5 Å². The van der Waals surface area contributed by atoms with E-state index < -0.39 is 0 Å². The number of aromatic nitrogens is 1. The second kappa shape index (κ2) is 5.33. The van der Waals surface area contributed by atoms with Gasteiger partial charge in [-0.05, 0) is 33.6 Å². The molecule has 0 saturated heterocycles. The standard InChI is InChI=1S/C12H10BrNS/c13-12-8-11(6-7-14-12)15-9-10-4-2-1-3-5-10/h1-8H,9H2. The second-order valence-corrected chi connectivity index (χ2v) is 4.95. The molecule has 1 nitrogen and oxygen atoms in total. The molecule has 0 amide bonds. The average molecular weight is 280 g/mol. The Balaban J connectivity index is 1.99. The average Bonchev–Trinajstić information content (AvgIpc) is 2.28. The first-order valence-corrected chi connectivity index (χ1v) is 6.41. The molecule has 0 spiro atoms. The van der Waals surface area contributed by atoms with Crippen LogP contribution < -0.4 is 0 Å². The highest BCUT2D eigenvalue weighted by Gasteiger charge is 1.96. The molecular formula is C12H10BrNS. The molecule has 0 aliphatic rings. The number of hydrogen-bond acceptors (Lipinski definition) is 2. The van der Waals surface area contributed by atoms with Crippen LogP contribution in [-0.2, 0) is 5.75 Å². The number of hydrogen-bond donors (Lipinski definition) is 0. The minimum Gasteiger partial charge on any atom is -0.249 e. The third-order valence-electron chi connectivity index (χ3n) is 1.95. The van der Waals surface area contributed by atoms with Crippen LogP contribution in [0.3, 0.4) is 0 Å². The molecule has 0 atom stereocenters. The largest absolute Gasteiger partial charge is 0.249 e. The number of rotatable bonds is 3. The van der Waals surface area contributed by atoms with Crippen molar-refractivity contribution in [1.82, 2.24) is 4.98 Å². The lowest BCUT2D eigenvalue weighted by molar-refractivity contribution is 1.21. The van der Waals surface area contributed by atoms with Gasteiger partial charge in [0.05, 0.1) is 0 Å². The van der Waals surface area contributed by atoms with E-state index in [1.54, 1.807) is 0 Å². The molecule has 1 aromatic heterocycles. The number of halogens is 1. The quantitative estimate of drug-likeness (QED) is 0.619. The summed E-state index contributed by atoms with van der Waals surface area (Å²) in [6, 6.07) is 14.5. The van der Waals surface area contributed by atoms with E-state index in [0.29, 0.717) is 0 Å². The Kier molecular flexibility index (Phi) is 3.80. The van der Waals surface area contributed by atoms with Crippen molar-refractivity contribution in [2.24, 2.45) is 0 Å². The van der Waals surface area contributed by atoms with Gasteiger partial charge in [-0.15, -0.1) is 11.8 Å². The summed E-state index contributed by atoms with van der Waals surface area (Å²) >= 11 is 5.18. The van der Waals surface area contributed by atoms with Gasteiger partial charge in [0.15, 0.2) is 0 Å². The summed E-state index contributed by atoms with van der Waals surface area (Å²) in [5.41, 5.74) is 1.34. The van der Waals surface area contributed by atoms with Gasteiger partial charge in [0, 0.05) is 16.8 Å². The van der Waals surface area contributed by atoms with Crippen LogP contribution in [0, 0.1) is 0 Å². The SMILES string of the molecule is Brc1cc(SCc2ccccc2)ccn1. The first kappa shape index (κ1) is 10.7. The molecule has 0 unspecified atom stereocenters. The van der Waals surface area contributed by atoms with Crippen LogP contribution in [0.2, 0.25) is 0 Å². The van der Waals surface area contributed by atoms with Gasteiger partial charge < -0.3 is 0 Å². The van der Waals surface area contributed by atoms with Crippen LogP contribution in [0.25, 0.3) is 0 Å². The van der Waals surface area contributed by atoms with E-state index in [1.807, 2.05) is 36.2 Å². The molecule has 0 N–H and O–H groups in total. The molecule has 0 aliphatic carbocycles. The molecular weight excluding hydrogens is 270 g/mol. The first-order chi connectivity index (χ1) is 7.34. The predicted octanol–water partition coefficient (Wildman–Crippen LogP) is 4.14. The lowest BCUT2D eigenvalue weighted by atomic mass is 10.2. The minimum absolute atomic E-state index is 0.889. The lowest BCUT2D eigenvalue weighted by Gasteiger charge is -2.01. The van der Waals surface area contributed by atoms with Gasteiger partial charge in [0.25, 0.3) is 0 Å². The molecule has 1 aromatic carbocycles. The van der Waals surface area contributed by atoms with Crippen molar-refractivity contribution < 1.29 is 0 Å². The molecule has 0 saturated carbocycles. The first-order valence-electron chi connectivity index (χ1n) is 4.63. The highest BCUT2D eigenvalue weighted by molar-refractivity contribution is 9.10. The Morgan fingerprint density at radius 2 is 1.93 bits per heavy atom. The third kappa shape index (κ3) is 3.36. The molecule has 2 rings (SSSR count). The molecule has 0 fully saturated rings. The van der Waals surface area contributed by atoms with Crippen LogP contribution in [0.4, 0.5) is 0 Å². The Morgan fingerprint density at radius 3 is 2.67 bits per heavy atom. The zero-order valence-corrected chi connectivity index (χ0v) is 10.5. The normalized spacial score (nSPS) is 10.2. The number of thioether (sulfide) groups is 1. The van der Waals surface area contributed by atoms with Crippen molar-refractivity contribution >= 4 is 27.7 Å². The molecule has 2 aromatic rings. The van der Waals surface area contributed by atoms with Crippen molar-refractivity contribution in [1.29, 1.82) is 0 Å². The Bertz CT molecular complexity index is 431. The van der Waals surface area contributed by atoms with Crippen molar-refractivity contribution in [3.63, 3.8) is 0 Å². The third-order valence-corrected chi connectivity index (χ3v) is 3.44. The maximum Gasteiger partial charge on any atom is 0.107 e. The zero-order valence-electron chi connectivity index (χ0n) is 8.06. The molecule has 3 heteroatoms. The monoisotopic (exact) mass is 279 g/mol. The van der Waals surface area contributed by atoms with Gasteiger partial charge in [-0.2, -0.15) is 0 Å². The van der Waals surface area contributed by atoms with Crippen LogP contribution in [0.5, 0.6) is 0 Å². The van der Waals surface area contributed by atoms with Crippen LogP contribution >= 0.6 is 27.7 Å². The fraction of sp³-hybridized carbons (Fsp3) is 0.0833. The van der Waals surface area contributed by atoms with Crippen molar-refractivity contribution in [3.05, 3.63) is 58.8 Å². The van der Waals surface area contributed by atoms with Crippen LogP contribution in [0.1, 0.15) is 5.56 Å². The molecule has 0 aliphatic heterocycles. The maximum atomic E-state index is 4.10. The fourth-order valence-electron chi connectivity index (χ4n) is 1.22. The number of nitrogens with zero attached hydrogens (tertiary/aromatic N) is 1. The summed E-state index contributed by atoms with van der Waals surface area (Å²) in [6.45, 7) is 0. The molecule has 15 heavy (non-hydrogen) atoms. The summed E-state index contributed by atoms with van der Waals surface area (Å²) < 4.78 is 0.889. The summed E-state index contributed by atoms with van der Waals surface area (Å²) in [5.74, 6) is 0.997. The van der Waals surface area contributed by atoms with Crippen molar-refractivity contribution in [2.45, 2.75) is 10.6 Å². The zero-order chi connectivity index (χ0) is 10.5. The van der Waals surface area contributed by atoms with Gasteiger partial charge in [-0.25, -0.2) is 4.98 Å². The van der Waals surface area contributed by atoms with Gasteiger partial charge in [0.1, 0.15) is 4.60 Å². The van der Waals surface area contributed by atoms with E-state index in [4.69, 9.17) is 0 Å². The summed E-state index contributed by atoms with van der Waals surface area (Å²) in [7, 11) is 0. The Morgan fingerprint density at radius 1 is 1.13 bits per heavy atom. The highest BCUT2D eigenvalue weighted by Crippen LogP contribution is 2.23. The predicted molar refractivity (Wildman–Crippen MR) is 67.9 cm³/mol. The van der Waals surface area contributed by atoms with Gasteiger partial charge in [-0.3, -0.25) is 0 Å². The van der Waals surface area contributed by atoms with E-state index in [-0.39, 0.29) is 0 Å². The van der Waals surface area contributed by atoms with Gasteiger partial charge >= 0.3 is 0 Å². The highest BCUT2D eigenvalue weighted by atomic mass is 79.9. The van der Waals surface area contributed by atoms with Gasteiger partial charge in [-0.1, -0.05) is 30.3 Å². The molecule has 1 heterocycles. The van der Waals surface area contributed by atoms with E-state index >= 15 is 0 Å². The Labute approximate surface area is 102 Å². The summed E-state index contributed by atoms with van der Waals surface area (Å²) in [4.78, 5) is 5.33. The maximum absolute atomic E-state index is 4.10. The fourth-order valence-corrected chi connectivity index (χ4v) is 2.61. The topological polar surface area (TPSA) is 12.9 Å². The second-order valence-electron chi connectivity index (χ2n) is 3.09. The van der Waals surface area contributed by atoms with E-state index in [2.05, 4.69) is 45.2 Å². The molecule has 0 bridgehead atoms. The van der Waals surface area contributed by atoms with Crippen molar-refractivity contribution in [3.8, 4) is 0 Å². The lowest BCUT2D eigenvalue weighted by Crippen LogP contribution is -1.80. The molecule has 0 radical (unpaired) electrons. The van der Waals surface area contributed by atoms with E-state index in [0.717, 1.165) is 10.4 Å². The van der Waals surface area contributed by atoms with Crippen molar-refractivity contribution in [2.75, 3.05) is 0 Å². The Hall–Kier alpha value is -0.800. The van der Waals surface area contributed by atoms with Gasteiger partial charge in [0.2, 0.25) is 0 Å². The smallest absolute Gasteiger partial charge is 0.107 e. The molecule has 76 valence electrons. The minimum atomic E-state index is 0.889.